The number of aromatic amines is 4. The second kappa shape index (κ2) is 14.7. The minimum absolute atomic E-state index is 0.0567. The van der Waals surface area contributed by atoms with Gasteiger partial charge in [0, 0.05) is 108 Å². The van der Waals surface area contributed by atoms with Gasteiger partial charge in [-0.3, -0.25) is 47.9 Å². The number of aromatic nitrogens is 4. The van der Waals surface area contributed by atoms with E-state index < -0.39 is 32.6 Å². The largest absolute Gasteiger partial charge is 0.353 e. The van der Waals surface area contributed by atoms with E-state index in [-0.39, 0.29) is 174 Å². The lowest BCUT2D eigenvalue weighted by Gasteiger charge is -2.08. The Balaban J connectivity index is 1.11. The van der Waals surface area contributed by atoms with Crippen molar-refractivity contribution < 1.29 is 0 Å². The smallest absolute Gasteiger partial charge is 0.198 e. The maximum Gasteiger partial charge on any atom is 0.198 e. The molecule has 0 amide bonds. The molecule has 84 heavy (non-hydrogen) atoms. The van der Waals surface area contributed by atoms with Crippen molar-refractivity contribution in [3.05, 3.63) is 248 Å². The summed E-state index contributed by atoms with van der Waals surface area (Å²) in [7, 11) is 0. The number of fused-ring (bicyclic) bond motifs is 32. The van der Waals surface area contributed by atoms with Crippen LogP contribution in [0.5, 0.6) is 0 Å². The van der Waals surface area contributed by atoms with E-state index in [1.165, 1.54) is 0 Å². The topological polar surface area (TPSA) is 234 Å². The summed E-state index contributed by atoms with van der Waals surface area (Å²) < 4.78 is 0. The lowest BCUT2D eigenvalue weighted by Crippen LogP contribution is -2.15. The molecule has 15 aromatic carbocycles. The highest BCUT2D eigenvalue weighted by atomic mass is 16.2. The molecule has 4 aromatic heterocycles. The number of H-pyrrole nitrogens is 4. The highest BCUT2D eigenvalue weighted by Gasteiger charge is 2.31. The van der Waals surface area contributed by atoms with Crippen LogP contribution in [0.3, 0.4) is 0 Å². The van der Waals surface area contributed by atoms with Gasteiger partial charge in [0.25, 0.3) is 0 Å². The molecule has 19 rings (SSSR count). The van der Waals surface area contributed by atoms with Crippen LogP contribution in [0.1, 0.15) is 0 Å². The van der Waals surface area contributed by atoms with E-state index in [0.29, 0.717) is 43.1 Å². The van der Waals surface area contributed by atoms with E-state index in [1.807, 2.05) is 0 Å². The van der Waals surface area contributed by atoms with Gasteiger partial charge in [0.2, 0.25) is 0 Å². The van der Waals surface area contributed by atoms with Crippen LogP contribution in [-0.4, -0.2) is 19.9 Å². The third-order valence-corrected chi connectivity index (χ3v) is 18.4. The highest BCUT2D eigenvalue weighted by Crippen LogP contribution is 2.47. The number of nitrogens with one attached hydrogen (secondary N) is 4. The van der Waals surface area contributed by atoms with Gasteiger partial charge >= 0.3 is 0 Å². The molecule has 0 saturated heterocycles. The third kappa shape index (κ3) is 4.95. The second-order valence-corrected chi connectivity index (χ2v) is 22.1. The first-order chi connectivity index (χ1) is 40.9. The molecule has 388 valence electrons. The molecule has 0 saturated carbocycles. The summed E-state index contributed by atoms with van der Waals surface area (Å²) in [6.45, 7) is 0. The Morgan fingerprint density at radius 2 is 0.321 bits per heavy atom. The summed E-state index contributed by atoms with van der Waals surface area (Å²) in [6, 6.07) is 39.2. The van der Waals surface area contributed by atoms with Gasteiger partial charge in [-0.2, -0.15) is 0 Å². The van der Waals surface area contributed by atoms with Crippen molar-refractivity contribution in [3.8, 4) is 0 Å². The van der Waals surface area contributed by atoms with Crippen molar-refractivity contribution in [3.63, 3.8) is 0 Å². The number of hydrogen-bond acceptors (Lipinski definition) is 10. The van der Waals surface area contributed by atoms with E-state index in [1.54, 1.807) is 146 Å². The Morgan fingerprint density at radius 1 is 0.143 bits per heavy atom. The summed E-state index contributed by atoms with van der Waals surface area (Å²) in [4.78, 5) is 164. The Bertz CT molecular complexity index is 6360. The molecular formula is C70H28N4O10. The molecular weight excluding hydrogens is 1060 g/mol. The van der Waals surface area contributed by atoms with Gasteiger partial charge in [0.15, 0.2) is 54.3 Å². The van der Waals surface area contributed by atoms with Crippen molar-refractivity contribution in [2.24, 2.45) is 0 Å². The zero-order valence-electron chi connectivity index (χ0n) is 42.9. The van der Waals surface area contributed by atoms with E-state index in [4.69, 9.17) is 0 Å². The van der Waals surface area contributed by atoms with Crippen LogP contribution in [0.4, 0.5) is 0 Å². The molecule has 4 heterocycles. The molecule has 14 heteroatoms. The van der Waals surface area contributed by atoms with Crippen LogP contribution in [-0.2, 0) is 0 Å². The molecule has 19 aromatic rings. The van der Waals surface area contributed by atoms with Crippen LogP contribution in [0, 0.1) is 0 Å². The molecule has 0 fully saturated rings. The summed E-state index contributed by atoms with van der Waals surface area (Å²) in [5, 5.41) is 5.00. The fourth-order valence-corrected chi connectivity index (χ4v) is 14.8. The van der Waals surface area contributed by atoms with Gasteiger partial charge < -0.3 is 19.9 Å². The predicted octanol–water partition coefficient (Wildman–Crippen LogP) is 10.5. The fourth-order valence-electron chi connectivity index (χ4n) is 14.8. The van der Waals surface area contributed by atoms with Crippen molar-refractivity contribution in [1.29, 1.82) is 0 Å². The lowest BCUT2D eigenvalue weighted by atomic mass is 9.92. The van der Waals surface area contributed by atoms with Crippen molar-refractivity contribution >= 4 is 195 Å². The molecule has 0 radical (unpaired) electrons. The summed E-state index contributed by atoms with van der Waals surface area (Å²) in [6.07, 6.45) is 0. The zero-order chi connectivity index (χ0) is 56.4. The molecule has 0 spiro atoms. The van der Waals surface area contributed by atoms with Crippen LogP contribution < -0.4 is 54.3 Å². The number of rotatable bonds is 0. The minimum atomic E-state index is -0.693. The third-order valence-electron chi connectivity index (χ3n) is 18.4. The average molecular weight is 1090 g/mol. The maximum atomic E-state index is 16.8. The van der Waals surface area contributed by atoms with Gasteiger partial charge in [-0.05, 0) is 24.3 Å². The van der Waals surface area contributed by atoms with Crippen LogP contribution in [0.15, 0.2) is 194 Å². The standard InChI is InChI=1S/C70H28N4O10/c75-61-25-9-1-5-13-29(25)65(79)45-37(61)21-17-33-41-42-34-18-22-38-46(66(80)30-14-6-2-10-26(30)62(38)76)54(34)72-58(42)50-49(57(41)71-53(33)45)69(83)51-52(70(50)84)60-44(36-20-24-40-48(56(36)74-60)68(82)32-16-8-4-12-28(32)64(40)78)43-35-19-23-39-47(55(35)73-59(43)51)67(81)31-15-7-3-11-27(31)63(39)77/h1-24,71-74H. The number of hydrogen-bond donors (Lipinski definition) is 4. The lowest BCUT2D eigenvalue weighted by molar-refractivity contribution is 1.54. The first kappa shape index (κ1) is 44.9. The average Bonchev–Trinajstić information content (AvgIpc) is 1.83. The van der Waals surface area contributed by atoms with Gasteiger partial charge in [-0.25, -0.2) is 0 Å². The summed E-state index contributed by atoms with van der Waals surface area (Å²) >= 11 is 0. The van der Waals surface area contributed by atoms with E-state index in [2.05, 4.69) is 19.9 Å². The maximum absolute atomic E-state index is 16.8. The molecule has 0 atom stereocenters. The van der Waals surface area contributed by atoms with E-state index in [9.17, 15) is 38.4 Å². The van der Waals surface area contributed by atoms with Gasteiger partial charge in [0.05, 0.1) is 87.2 Å². The monoisotopic (exact) mass is 1080 g/mol. The Kier molecular flexibility index (Phi) is 7.86. The van der Waals surface area contributed by atoms with Gasteiger partial charge in [-0.1, -0.05) is 121 Å². The van der Waals surface area contributed by atoms with Crippen LogP contribution in [0.2, 0.25) is 0 Å². The van der Waals surface area contributed by atoms with Crippen LogP contribution in [0.25, 0.3) is 195 Å². The van der Waals surface area contributed by atoms with Crippen molar-refractivity contribution in [2.75, 3.05) is 0 Å². The van der Waals surface area contributed by atoms with Gasteiger partial charge in [-0.15, -0.1) is 0 Å². The normalized spacial score (nSPS) is 12.8. The summed E-state index contributed by atoms with van der Waals surface area (Å²) in [5.74, 6) is 0. The number of benzene rings is 15. The first-order valence-corrected chi connectivity index (χ1v) is 27.0. The fraction of sp³-hybridized carbons (Fsp3) is 0. The minimum Gasteiger partial charge on any atom is -0.353 e. The molecule has 14 nitrogen and oxygen atoms in total. The quantitative estimate of drug-likeness (QED) is 0.105. The molecule has 0 bridgehead atoms. The van der Waals surface area contributed by atoms with Crippen LogP contribution >= 0.6 is 0 Å². The van der Waals surface area contributed by atoms with Crippen molar-refractivity contribution in [2.45, 2.75) is 0 Å². The second-order valence-electron chi connectivity index (χ2n) is 22.1. The van der Waals surface area contributed by atoms with E-state index >= 15 is 9.59 Å². The molecule has 0 aliphatic heterocycles. The Hall–Kier alpha value is -11.9. The predicted molar refractivity (Wildman–Crippen MR) is 338 cm³/mol. The molecule has 0 aliphatic carbocycles. The molecule has 4 N–H and O–H groups in total. The first-order valence-electron chi connectivity index (χ1n) is 27.0. The Morgan fingerprint density at radius 3 is 0.524 bits per heavy atom. The van der Waals surface area contributed by atoms with Crippen molar-refractivity contribution in [1.82, 2.24) is 19.9 Å². The molecule has 0 aliphatic rings. The Labute approximate surface area is 460 Å². The zero-order valence-corrected chi connectivity index (χ0v) is 42.9. The SMILES string of the molecule is O=c1c2ccccc2c(=O)c2c1ccc1c2[nH]c2c3c(=O)c4c5[nH]c6c(ccc7c(=O)c8ccccc8c(=O)c76)c5c5c6ccc7c(=O)c8ccccc8c(=O)c7c6[nH]c5c4c(=O)c3c3[nH]c4c(ccc5c(=O)c6ccccc6c(=O)c54)c3c12. The van der Waals surface area contributed by atoms with E-state index in [0.717, 1.165) is 0 Å². The highest BCUT2D eigenvalue weighted by molar-refractivity contribution is 6.44. The molecule has 0 unspecified atom stereocenters. The van der Waals surface area contributed by atoms with Gasteiger partial charge in [0.1, 0.15) is 0 Å². The summed E-state index contributed by atoms with van der Waals surface area (Å²) in [5.41, 5.74) is -3.36.